The van der Waals surface area contributed by atoms with E-state index >= 15 is 0 Å². The smallest absolute Gasteiger partial charge is 0.346 e. The fourth-order valence-electron chi connectivity index (χ4n) is 1.65. The monoisotopic (exact) mass is 297 g/mol. The summed E-state index contributed by atoms with van der Waals surface area (Å²) in [5, 5.41) is 11.4. The number of aryl methyl sites for hydroxylation is 1. The van der Waals surface area contributed by atoms with Crippen LogP contribution in [0.3, 0.4) is 0 Å². The van der Waals surface area contributed by atoms with Crippen LogP contribution in [0.1, 0.15) is 25.6 Å². The minimum Gasteiger partial charge on any atom is -0.477 e. The minimum atomic E-state index is -1.12. The molecule has 0 unspecified atom stereocenters. The normalized spacial score (nSPS) is 10.3. The third-order valence-corrected chi connectivity index (χ3v) is 3.68. The highest BCUT2D eigenvalue weighted by atomic mass is 32.1. The van der Waals surface area contributed by atoms with E-state index in [4.69, 9.17) is 5.11 Å². The van der Waals surface area contributed by atoms with Crippen LogP contribution in [0.5, 0.6) is 0 Å². The highest BCUT2D eigenvalue weighted by molar-refractivity contribution is 7.18. The molecule has 4 nitrogen and oxygen atoms in total. The fraction of sp³-hybridized carbons (Fsp3) is 0.0769. The van der Waals surface area contributed by atoms with Crippen molar-refractivity contribution >= 4 is 28.2 Å². The Morgan fingerprint density at radius 1 is 1.25 bits per heavy atom. The molecule has 0 aliphatic carbocycles. The maximum absolute atomic E-state index is 13.4. The van der Waals surface area contributed by atoms with Crippen molar-refractivity contribution in [2.24, 2.45) is 0 Å². The maximum atomic E-state index is 13.4. The Morgan fingerprint density at radius 2 is 1.85 bits per heavy atom. The Morgan fingerprint density at radius 3 is 2.35 bits per heavy atom. The summed E-state index contributed by atoms with van der Waals surface area (Å²) in [5.74, 6) is -4.03. The maximum Gasteiger partial charge on any atom is 0.346 e. The van der Waals surface area contributed by atoms with E-state index in [0.717, 1.165) is 29.5 Å². The van der Waals surface area contributed by atoms with Crippen LogP contribution >= 0.6 is 11.3 Å². The molecule has 2 rings (SSSR count). The Labute approximate surface area is 116 Å². The highest BCUT2D eigenvalue weighted by Crippen LogP contribution is 2.27. The van der Waals surface area contributed by atoms with E-state index in [2.05, 4.69) is 5.32 Å². The Bertz CT molecular complexity index is 677. The predicted molar refractivity (Wildman–Crippen MR) is 70.3 cm³/mol. The van der Waals surface area contributed by atoms with Crippen molar-refractivity contribution in [3.8, 4) is 0 Å². The van der Waals surface area contributed by atoms with Crippen LogP contribution in [0.4, 0.5) is 13.8 Å². The third kappa shape index (κ3) is 2.67. The van der Waals surface area contributed by atoms with Crippen molar-refractivity contribution in [2.45, 2.75) is 6.92 Å². The summed E-state index contributed by atoms with van der Waals surface area (Å²) in [5.41, 5.74) is -0.234. The van der Waals surface area contributed by atoms with Crippen molar-refractivity contribution in [2.75, 3.05) is 5.32 Å². The Balaban J connectivity index is 2.28. The van der Waals surface area contributed by atoms with Crippen LogP contribution in [0.2, 0.25) is 0 Å². The van der Waals surface area contributed by atoms with Crippen molar-refractivity contribution in [1.29, 1.82) is 0 Å². The summed E-state index contributed by atoms with van der Waals surface area (Å²) >= 11 is 0.826. The van der Waals surface area contributed by atoms with Crippen molar-refractivity contribution in [3.05, 3.63) is 51.9 Å². The summed E-state index contributed by atoms with van der Waals surface area (Å²) in [7, 11) is 0. The lowest BCUT2D eigenvalue weighted by molar-refractivity contribution is 0.0701. The molecule has 7 heteroatoms. The lowest BCUT2D eigenvalue weighted by Crippen LogP contribution is -2.15. The number of carboxylic acids is 1. The summed E-state index contributed by atoms with van der Waals surface area (Å²) in [6.45, 7) is 1.57. The number of carbonyl (C=O) groups excluding carboxylic acids is 1. The number of carboxylic acid groups (broad SMARTS) is 1. The predicted octanol–water partition coefficient (Wildman–Crippen LogP) is 3.29. The van der Waals surface area contributed by atoms with Gasteiger partial charge in [0.05, 0.1) is 5.00 Å². The Hall–Kier alpha value is -2.28. The lowest BCUT2D eigenvalue weighted by Gasteiger charge is -2.04. The highest BCUT2D eigenvalue weighted by Gasteiger charge is 2.19. The van der Waals surface area contributed by atoms with E-state index in [9.17, 15) is 18.4 Å². The first kappa shape index (κ1) is 14.1. The summed E-state index contributed by atoms with van der Waals surface area (Å²) in [4.78, 5) is 22.8. The van der Waals surface area contributed by atoms with E-state index in [-0.39, 0.29) is 9.88 Å². The zero-order chi connectivity index (χ0) is 14.9. The molecule has 1 heterocycles. The molecule has 1 aromatic heterocycles. The SMILES string of the molecule is Cc1cc(NC(=O)c2c(F)cccc2F)sc1C(=O)O. The Kier molecular flexibility index (Phi) is 3.80. The molecular formula is C13H9F2NO3S. The van der Waals surface area contributed by atoms with Crippen LogP contribution in [0.25, 0.3) is 0 Å². The number of aromatic carboxylic acids is 1. The molecule has 0 aliphatic rings. The van der Waals surface area contributed by atoms with Crippen LogP contribution in [-0.2, 0) is 0 Å². The minimum absolute atomic E-state index is 0.0642. The second-order valence-electron chi connectivity index (χ2n) is 3.98. The van der Waals surface area contributed by atoms with Gasteiger partial charge in [0.25, 0.3) is 5.91 Å². The average Bonchev–Trinajstić information content (AvgIpc) is 2.70. The average molecular weight is 297 g/mol. The first-order valence-corrected chi connectivity index (χ1v) is 6.31. The van der Waals surface area contributed by atoms with E-state index in [1.54, 1.807) is 6.92 Å². The van der Waals surface area contributed by atoms with E-state index in [0.29, 0.717) is 5.56 Å². The van der Waals surface area contributed by atoms with Crippen LogP contribution < -0.4 is 5.32 Å². The van der Waals surface area contributed by atoms with Gasteiger partial charge in [-0.05, 0) is 30.7 Å². The number of benzene rings is 1. The number of anilines is 1. The number of halogens is 2. The van der Waals surface area contributed by atoms with Gasteiger partial charge >= 0.3 is 5.97 Å². The van der Waals surface area contributed by atoms with Gasteiger partial charge in [0.1, 0.15) is 22.1 Å². The molecule has 1 amide bonds. The molecule has 104 valence electrons. The number of thiophene rings is 1. The zero-order valence-corrected chi connectivity index (χ0v) is 11.1. The van der Waals surface area contributed by atoms with Crippen molar-refractivity contribution in [1.82, 2.24) is 0 Å². The van der Waals surface area contributed by atoms with Gasteiger partial charge in [-0.2, -0.15) is 0 Å². The first-order valence-electron chi connectivity index (χ1n) is 5.49. The standard InChI is InChI=1S/C13H9F2NO3S/c1-6-5-9(20-11(6)13(18)19)16-12(17)10-7(14)3-2-4-8(10)15/h2-5H,1H3,(H,16,17)(H,18,19). The third-order valence-electron chi connectivity index (χ3n) is 2.54. The van der Waals surface area contributed by atoms with Crippen LogP contribution in [0.15, 0.2) is 24.3 Å². The summed E-state index contributed by atoms with van der Waals surface area (Å²) in [6, 6.07) is 4.53. The molecule has 1 aromatic carbocycles. The second-order valence-corrected chi connectivity index (χ2v) is 5.03. The second kappa shape index (κ2) is 5.38. The first-order chi connectivity index (χ1) is 9.40. The number of nitrogens with one attached hydrogen (secondary N) is 1. The number of hydrogen-bond donors (Lipinski definition) is 2. The molecule has 0 radical (unpaired) electrons. The summed E-state index contributed by atoms with van der Waals surface area (Å²) in [6.07, 6.45) is 0. The van der Waals surface area contributed by atoms with Gasteiger partial charge in [-0.15, -0.1) is 11.3 Å². The molecule has 2 aromatic rings. The van der Waals surface area contributed by atoms with Crippen LogP contribution in [0, 0.1) is 18.6 Å². The van der Waals surface area contributed by atoms with E-state index < -0.39 is 29.1 Å². The summed E-state index contributed by atoms with van der Waals surface area (Å²) < 4.78 is 26.8. The molecule has 2 N–H and O–H groups in total. The number of amides is 1. The number of hydrogen-bond acceptors (Lipinski definition) is 3. The molecule has 0 saturated heterocycles. The van der Waals surface area contributed by atoms with Crippen LogP contribution in [-0.4, -0.2) is 17.0 Å². The molecule has 0 fully saturated rings. The van der Waals surface area contributed by atoms with Crippen molar-refractivity contribution in [3.63, 3.8) is 0 Å². The number of carbonyl (C=O) groups is 2. The lowest BCUT2D eigenvalue weighted by atomic mass is 10.2. The van der Waals surface area contributed by atoms with Gasteiger partial charge in [-0.1, -0.05) is 6.07 Å². The van der Waals surface area contributed by atoms with E-state index in [1.165, 1.54) is 6.07 Å². The van der Waals surface area contributed by atoms with Gasteiger partial charge < -0.3 is 10.4 Å². The van der Waals surface area contributed by atoms with Crippen molar-refractivity contribution < 1.29 is 23.5 Å². The largest absolute Gasteiger partial charge is 0.477 e. The van der Waals surface area contributed by atoms with Gasteiger partial charge in [0.15, 0.2) is 0 Å². The topological polar surface area (TPSA) is 66.4 Å². The quantitative estimate of drug-likeness (QED) is 0.913. The van der Waals surface area contributed by atoms with Gasteiger partial charge in [-0.3, -0.25) is 4.79 Å². The van der Waals surface area contributed by atoms with Gasteiger partial charge in [0.2, 0.25) is 0 Å². The molecule has 20 heavy (non-hydrogen) atoms. The number of rotatable bonds is 3. The molecule has 0 bridgehead atoms. The van der Waals surface area contributed by atoms with Gasteiger partial charge in [-0.25, -0.2) is 13.6 Å². The van der Waals surface area contributed by atoms with Gasteiger partial charge in [0, 0.05) is 0 Å². The van der Waals surface area contributed by atoms with E-state index in [1.807, 2.05) is 0 Å². The zero-order valence-electron chi connectivity index (χ0n) is 10.2. The fourth-order valence-corrected chi connectivity index (χ4v) is 2.55. The molecule has 0 saturated carbocycles. The molecule has 0 spiro atoms. The molecule has 0 aliphatic heterocycles. The molecule has 0 atom stereocenters. The molecular weight excluding hydrogens is 288 g/mol.